The monoisotopic (exact) mass is 343 g/mol. The average Bonchev–Trinajstić information content (AvgIpc) is 2.52. The highest BCUT2D eigenvalue weighted by Crippen LogP contribution is 2.30. The van der Waals surface area contributed by atoms with Crippen LogP contribution in [0.1, 0.15) is 27.6 Å². The number of hydrogen-bond donors (Lipinski definition) is 2. The van der Waals surface area contributed by atoms with E-state index in [1.807, 2.05) is 0 Å². The third-order valence-corrected chi connectivity index (χ3v) is 3.50. The van der Waals surface area contributed by atoms with Gasteiger partial charge in [0.15, 0.2) is 0 Å². The SMILES string of the molecule is O=C(NCC(O)c1cccc(C(F)(F)F)c1)c1ccccc1Cl. The van der Waals surface area contributed by atoms with Gasteiger partial charge in [-0.25, -0.2) is 0 Å². The van der Waals surface area contributed by atoms with Crippen molar-refractivity contribution in [2.45, 2.75) is 12.3 Å². The van der Waals surface area contributed by atoms with Crippen molar-refractivity contribution in [3.8, 4) is 0 Å². The summed E-state index contributed by atoms with van der Waals surface area (Å²) < 4.78 is 37.9. The van der Waals surface area contributed by atoms with Gasteiger partial charge >= 0.3 is 6.18 Å². The van der Waals surface area contributed by atoms with Crippen molar-refractivity contribution in [3.05, 3.63) is 70.2 Å². The van der Waals surface area contributed by atoms with Gasteiger partial charge in [0.25, 0.3) is 5.91 Å². The fourth-order valence-electron chi connectivity index (χ4n) is 1.97. The Morgan fingerprint density at radius 3 is 2.52 bits per heavy atom. The van der Waals surface area contributed by atoms with Crippen molar-refractivity contribution in [2.24, 2.45) is 0 Å². The van der Waals surface area contributed by atoms with Crippen LogP contribution in [0.25, 0.3) is 0 Å². The number of carbonyl (C=O) groups excluding carboxylic acids is 1. The number of alkyl halides is 3. The third kappa shape index (κ3) is 4.46. The fraction of sp³-hybridized carbons (Fsp3) is 0.188. The molecule has 1 unspecified atom stereocenters. The lowest BCUT2D eigenvalue weighted by Gasteiger charge is -2.15. The molecule has 0 aliphatic rings. The normalized spacial score (nSPS) is 12.7. The van der Waals surface area contributed by atoms with Gasteiger partial charge in [-0.3, -0.25) is 4.79 Å². The van der Waals surface area contributed by atoms with Crippen molar-refractivity contribution in [1.29, 1.82) is 0 Å². The predicted molar refractivity (Wildman–Crippen MR) is 80.2 cm³/mol. The van der Waals surface area contributed by atoms with Gasteiger partial charge in [0, 0.05) is 6.54 Å². The van der Waals surface area contributed by atoms with E-state index in [1.54, 1.807) is 18.2 Å². The highest BCUT2D eigenvalue weighted by molar-refractivity contribution is 6.33. The van der Waals surface area contributed by atoms with Crippen LogP contribution in [-0.4, -0.2) is 17.6 Å². The summed E-state index contributed by atoms with van der Waals surface area (Å²) in [6, 6.07) is 10.7. The van der Waals surface area contributed by atoms with Crippen LogP contribution in [0, 0.1) is 0 Å². The maximum Gasteiger partial charge on any atom is 0.416 e. The molecule has 2 N–H and O–H groups in total. The van der Waals surface area contributed by atoms with Gasteiger partial charge in [-0.1, -0.05) is 35.9 Å². The van der Waals surface area contributed by atoms with Crippen LogP contribution in [0.15, 0.2) is 48.5 Å². The van der Waals surface area contributed by atoms with Crippen LogP contribution in [-0.2, 0) is 6.18 Å². The zero-order valence-electron chi connectivity index (χ0n) is 11.8. The lowest BCUT2D eigenvalue weighted by atomic mass is 10.1. The molecule has 0 saturated carbocycles. The first-order chi connectivity index (χ1) is 10.8. The van der Waals surface area contributed by atoms with Crippen LogP contribution in [0.4, 0.5) is 13.2 Å². The molecule has 1 amide bonds. The molecule has 7 heteroatoms. The Balaban J connectivity index is 2.04. The van der Waals surface area contributed by atoms with E-state index in [0.29, 0.717) is 0 Å². The molecule has 3 nitrogen and oxygen atoms in total. The van der Waals surface area contributed by atoms with Gasteiger partial charge in [-0.15, -0.1) is 0 Å². The molecule has 0 aromatic heterocycles. The number of nitrogens with one attached hydrogen (secondary N) is 1. The molecule has 0 bridgehead atoms. The van der Waals surface area contributed by atoms with Gasteiger partial charge < -0.3 is 10.4 Å². The Labute approximate surface area is 135 Å². The highest BCUT2D eigenvalue weighted by atomic mass is 35.5. The second-order valence-corrected chi connectivity index (χ2v) is 5.24. The van der Waals surface area contributed by atoms with Crippen molar-refractivity contribution in [1.82, 2.24) is 5.32 Å². The lowest BCUT2D eigenvalue weighted by molar-refractivity contribution is -0.137. The molecule has 1 atom stereocenters. The van der Waals surface area contributed by atoms with Gasteiger partial charge in [0.1, 0.15) is 0 Å². The third-order valence-electron chi connectivity index (χ3n) is 3.17. The number of aliphatic hydroxyl groups is 1. The van der Waals surface area contributed by atoms with E-state index in [1.165, 1.54) is 18.2 Å². The molecule has 23 heavy (non-hydrogen) atoms. The van der Waals surface area contributed by atoms with Crippen molar-refractivity contribution >= 4 is 17.5 Å². The number of carbonyl (C=O) groups is 1. The summed E-state index contributed by atoms with van der Waals surface area (Å²) in [6.07, 6.45) is -5.75. The topological polar surface area (TPSA) is 49.3 Å². The molecule has 2 aromatic carbocycles. The van der Waals surface area contributed by atoms with E-state index in [0.717, 1.165) is 12.1 Å². The minimum Gasteiger partial charge on any atom is -0.387 e. The van der Waals surface area contributed by atoms with Gasteiger partial charge in [0.2, 0.25) is 0 Å². The summed E-state index contributed by atoms with van der Waals surface area (Å²) >= 11 is 5.87. The Hall–Kier alpha value is -2.05. The number of rotatable bonds is 4. The molecule has 2 rings (SSSR count). The van der Waals surface area contributed by atoms with Gasteiger partial charge in [-0.05, 0) is 29.8 Å². The summed E-state index contributed by atoms with van der Waals surface area (Å²) in [5.74, 6) is -0.512. The predicted octanol–water partition coefficient (Wildman–Crippen LogP) is 3.82. The quantitative estimate of drug-likeness (QED) is 0.886. The summed E-state index contributed by atoms with van der Waals surface area (Å²) in [7, 11) is 0. The molecule has 0 radical (unpaired) electrons. The lowest BCUT2D eigenvalue weighted by Crippen LogP contribution is -2.28. The second-order valence-electron chi connectivity index (χ2n) is 4.83. The zero-order chi connectivity index (χ0) is 17.0. The zero-order valence-corrected chi connectivity index (χ0v) is 12.5. The summed E-state index contributed by atoms with van der Waals surface area (Å²) in [6.45, 7) is -0.231. The average molecular weight is 344 g/mol. The summed E-state index contributed by atoms with van der Waals surface area (Å²) in [5, 5.41) is 12.7. The van der Waals surface area contributed by atoms with Crippen LogP contribution in [0.3, 0.4) is 0 Å². The molecule has 0 saturated heterocycles. The smallest absolute Gasteiger partial charge is 0.387 e. The first kappa shape index (κ1) is 17.3. The summed E-state index contributed by atoms with van der Waals surface area (Å²) in [4.78, 5) is 11.9. The van der Waals surface area contributed by atoms with E-state index in [2.05, 4.69) is 5.32 Å². The van der Waals surface area contributed by atoms with E-state index < -0.39 is 23.8 Å². The second kappa shape index (κ2) is 7.02. The molecule has 0 spiro atoms. The van der Waals surface area contributed by atoms with Crippen LogP contribution in [0.2, 0.25) is 5.02 Å². The molecular weight excluding hydrogens is 331 g/mol. The molecule has 2 aromatic rings. The van der Waals surface area contributed by atoms with Crippen molar-refractivity contribution in [2.75, 3.05) is 6.54 Å². The Morgan fingerprint density at radius 2 is 1.87 bits per heavy atom. The molecule has 0 fully saturated rings. The first-order valence-electron chi connectivity index (χ1n) is 6.67. The van der Waals surface area contributed by atoms with Crippen molar-refractivity contribution in [3.63, 3.8) is 0 Å². The van der Waals surface area contributed by atoms with E-state index in [-0.39, 0.29) is 22.7 Å². The van der Waals surface area contributed by atoms with Crippen molar-refractivity contribution < 1.29 is 23.1 Å². The number of halogens is 4. The molecule has 0 heterocycles. The van der Waals surface area contributed by atoms with Gasteiger partial charge in [0.05, 0.1) is 22.3 Å². The fourth-order valence-corrected chi connectivity index (χ4v) is 2.19. The Kier molecular flexibility index (Phi) is 5.28. The molecular formula is C16H13ClF3NO2. The number of hydrogen-bond acceptors (Lipinski definition) is 2. The molecule has 122 valence electrons. The highest BCUT2D eigenvalue weighted by Gasteiger charge is 2.30. The van der Waals surface area contributed by atoms with E-state index in [4.69, 9.17) is 11.6 Å². The summed E-state index contributed by atoms with van der Waals surface area (Å²) in [5.41, 5.74) is -0.559. The Bertz CT molecular complexity index is 704. The molecule has 0 aliphatic heterocycles. The number of benzene rings is 2. The first-order valence-corrected chi connectivity index (χ1v) is 7.05. The standard InChI is InChI=1S/C16H13ClF3NO2/c17-13-7-2-1-6-12(13)15(23)21-9-14(22)10-4-3-5-11(8-10)16(18,19)20/h1-8,14,22H,9H2,(H,21,23). The minimum absolute atomic E-state index is 0.0688. The van der Waals surface area contributed by atoms with Crippen LogP contribution < -0.4 is 5.32 Å². The van der Waals surface area contributed by atoms with E-state index in [9.17, 15) is 23.1 Å². The van der Waals surface area contributed by atoms with E-state index >= 15 is 0 Å². The largest absolute Gasteiger partial charge is 0.416 e. The number of aliphatic hydroxyl groups excluding tert-OH is 1. The Morgan fingerprint density at radius 1 is 1.17 bits per heavy atom. The maximum absolute atomic E-state index is 12.6. The van der Waals surface area contributed by atoms with Crippen LogP contribution >= 0.6 is 11.6 Å². The maximum atomic E-state index is 12.6. The molecule has 0 aliphatic carbocycles. The minimum atomic E-state index is -4.49. The number of amides is 1. The van der Waals surface area contributed by atoms with Crippen LogP contribution in [0.5, 0.6) is 0 Å². The van der Waals surface area contributed by atoms with Gasteiger partial charge in [-0.2, -0.15) is 13.2 Å².